The van der Waals surface area contributed by atoms with Crippen LogP contribution in [0.2, 0.25) is 0 Å². The number of fused-ring (bicyclic) bond motifs is 1. The molecule has 1 aliphatic rings. The summed E-state index contributed by atoms with van der Waals surface area (Å²) in [5, 5.41) is 9.26. The van der Waals surface area contributed by atoms with Crippen molar-refractivity contribution in [3.8, 4) is 0 Å². The molecule has 0 aromatic carbocycles. The fraction of sp³-hybridized carbons (Fsp3) is 0.333. The number of nitrogens with zero attached hydrogens (tertiary/aromatic N) is 2. The van der Waals surface area contributed by atoms with Gasteiger partial charge in [-0.3, -0.25) is 19.3 Å². The third-order valence-electron chi connectivity index (χ3n) is 3.13. The van der Waals surface area contributed by atoms with E-state index in [1.54, 1.807) is 0 Å². The Kier molecular flexibility index (Phi) is 3.57. The highest BCUT2D eigenvalue weighted by atomic mass is 32.1. The molecule has 0 unspecified atom stereocenters. The van der Waals surface area contributed by atoms with Crippen LogP contribution in [0.5, 0.6) is 0 Å². The average molecular weight is 307 g/mol. The third-order valence-corrected chi connectivity index (χ3v) is 3.90. The van der Waals surface area contributed by atoms with Crippen LogP contribution in [-0.4, -0.2) is 33.3 Å². The zero-order valence-corrected chi connectivity index (χ0v) is 11.8. The Morgan fingerprint density at radius 2 is 2.33 bits per heavy atom. The van der Waals surface area contributed by atoms with E-state index >= 15 is 0 Å². The van der Waals surface area contributed by atoms with E-state index in [2.05, 4.69) is 20.9 Å². The second-order valence-electron chi connectivity index (χ2n) is 4.66. The molecule has 0 saturated carbocycles. The largest absolute Gasteiger partial charge is 0.350 e. The van der Waals surface area contributed by atoms with Crippen molar-refractivity contribution in [3.05, 3.63) is 23.5 Å². The molecule has 4 amide bonds. The smallest absolute Gasteiger partial charge is 0.322 e. The Labute approximate surface area is 123 Å². The Morgan fingerprint density at radius 1 is 1.48 bits per heavy atom. The van der Waals surface area contributed by atoms with Crippen molar-refractivity contribution in [2.24, 2.45) is 0 Å². The number of amides is 4. The van der Waals surface area contributed by atoms with E-state index in [4.69, 9.17) is 0 Å². The summed E-state index contributed by atoms with van der Waals surface area (Å²) in [6, 6.07) is -1.13. The molecular formula is C12H13N5O3S. The van der Waals surface area contributed by atoms with Crippen LogP contribution in [0.15, 0.2) is 17.8 Å². The molecular weight excluding hydrogens is 294 g/mol. The summed E-state index contributed by atoms with van der Waals surface area (Å²) >= 11 is 1.52. The van der Waals surface area contributed by atoms with Gasteiger partial charge >= 0.3 is 6.03 Å². The van der Waals surface area contributed by atoms with E-state index in [1.165, 1.54) is 11.3 Å². The lowest BCUT2D eigenvalue weighted by atomic mass is 10.1. The van der Waals surface area contributed by atoms with Crippen LogP contribution in [0.1, 0.15) is 18.5 Å². The molecule has 0 aliphatic carbocycles. The number of hydrogen-bond donors (Lipinski definition) is 3. The van der Waals surface area contributed by atoms with Crippen molar-refractivity contribution in [2.75, 3.05) is 0 Å². The second-order valence-corrected chi connectivity index (χ2v) is 5.53. The van der Waals surface area contributed by atoms with Crippen molar-refractivity contribution >= 4 is 34.1 Å². The number of carbonyl (C=O) groups is 3. The summed E-state index contributed by atoms with van der Waals surface area (Å²) in [5.41, 5.74) is 0.780. The van der Waals surface area contributed by atoms with Crippen LogP contribution in [0.3, 0.4) is 0 Å². The molecule has 0 radical (unpaired) electrons. The first kappa shape index (κ1) is 13.6. The van der Waals surface area contributed by atoms with Gasteiger partial charge < -0.3 is 10.6 Å². The number of hydrogen-bond acceptors (Lipinski definition) is 5. The van der Waals surface area contributed by atoms with E-state index in [9.17, 15) is 14.4 Å². The molecule has 1 aliphatic heterocycles. The number of urea groups is 1. The zero-order valence-electron chi connectivity index (χ0n) is 11.0. The molecule has 21 heavy (non-hydrogen) atoms. The maximum absolute atomic E-state index is 11.7. The van der Waals surface area contributed by atoms with Gasteiger partial charge in [-0.05, 0) is 6.42 Å². The van der Waals surface area contributed by atoms with Crippen LogP contribution in [0.4, 0.5) is 4.79 Å². The standard InChI is InChI=1S/C12H13N5O3S/c18-9(2-1-8-10(19)16-11(20)15-8)13-5-7-6-17-3-4-21-12(17)14-7/h3-4,6,8H,1-2,5H2,(H,13,18)(H2,15,16,19,20)/t8-/m0/s1. The summed E-state index contributed by atoms with van der Waals surface area (Å²) in [6.07, 6.45) is 4.21. The molecule has 1 saturated heterocycles. The van der Waals surface area contributed by atoms with Crippen LogP contribution in [-0.2, 0) is 16.1 Å². The highest BCUT2D eigenvalue weighted by Crippen LogP contribution is 2.11. The van der Waals surface area contributed by atoms with E-state index in [-0.39, 0.29) is 24.7 Å². The average Bonchev–Trinajstić information content (AvgIpc) is 3.08. The molecule has 1 fully saturated rings. The summed E-state index contributed by atoms with van der Waals surface area (Å²) in [5.74, 6) is -0.567. The van der Waals surface area contributed by atoms with Crippen molar-refractivity contribution < 1.29 is 14.4 Å². The van der Waals surface area contributed by atoms with E-state index in [1.807, 2.05) is 22.2 Å². The van der Waals surface area contributed by atoms with Gasteiger partial charge in [0.1, 0.15) is 6.04 Å². The number of aromatic nitrogens is 2. The highest BCUT2D eigenvalue weighted by Gasteiger charge is 2.29. The predicted molar refractivity (Wildman–Crippen MR) is 74.6 cm³/mol. The number of nitrogens with one attached hydrogen (secondary N) is 3. The van der Waals surface area contributed by atoms with Crippen LogP contribution in [0.25, 0.3) is 4.96 Å². The maximum atomic E-state index is 11.7. The molecule has 0 spiro atoms. The van der Waals surface area contributed by atoms with Gasteiger partial charge in [0.25, 0.3) is 5.91 Å². The van der Waals surface area contributed by atoms with Crippen LogP contribution in [0, 0.1) is 0 Å². The lowest BCUT2D eigenvalue weighted by Gasteiger charge is -2.07. The molecule has 2 aromatic rings. The molecule has 3 heterocycles. The van der Waals surface area contributed by atoms with Gasteiger partial charge in [-0.2, -0.15) is 0 Å². The normalized spacial score (nSPS) is 17.8. The second kappa shape index (κ2) is 5.52. The van der Waals surface area contributed by atoms with Gasteiger partial charge in [0, 0.05) is 24.2 Å². The predicted octanol–water partition coefficient (Wildman–Crippen LogP) is 0.000200. The van der Waals surface area contributed by atoms with Gasteiger partial charge in [0.15, 0.2) is 4.96 Å². The minimum absolute atomic E-state index is 0.167. The number of imidazole rings is 1. The molecule has 9 heteroatoms. The molecule has 110 valence electrons. The molecule has 1 atom stereocenters. The van der Waals surface area contributed by atoms with E-state index in [0.717, 1.165) is 10.7 Å². The Balaban J connectivity index is 1.45. The Bertz CT molecular complexity index is 678. The van der Waals surface area contributed by atoms with Gasteiger partial charge in [0.05, 0.1) is 12.2 Å². The minimum atomic E-state index is -0.624. The maximum Gasteiger partial charge on any atom is 0.322 e. The fourth-order valence-electron chi connectivity index (χ4n) is 2.08. The molecule has 8 nitrogen and oxygen atoms in total. The van der Waals surface area contributed by atoms with E-state index < -0.39 is 12.1 Å². The van der Waals surface area contributed by atoms with Gasteiger partial charge in [-0.1, -0.05) is 0 Å². The SMILES string of the molecule is O=C(CC[C@@H]1NC(=O)NC1=O)NCc1cn2ccsc2n1. The van der Waals surface area contributed by atoms with Gasteiger partial charge in [-0.15, -0.1) is 11.3 Å². The molecule has 3 N–H and O–H groups in total. The lowest BCUT2D eigenvalue weighted by molar-refractivity contribution is -0.122. The highest BCUT2D eigenvalue weighted by molar-refractivity contribution is 7.15. The van der Waals surface area contributed by atoms with Crippen molar-refractivity contribution in [1.29, 1.82) is 0 Å². The van der Waals surface area contributed by atoms with Crippen LogP contribution >= 0.6 is 11.3 Å². The summed E-state index contributed by atoms with van der Waals surface area (Å²) in [4.78, 5) is 39.2. The number of imide groups is 1. The first-order valence-corrected chi connectivity index (χ1v) is 7.29. The molecule has 3 rings (SSSR count). The van der Waals surface area contributed by atoms with Crippen molar-refractivity contribution in [2.45, 2.75) is 25.4 Å². The molecule has 0 bridgehead atoms. The van der Waals surface area contributed by atoms with Crippen molar-refractivity contribution in [3.63, 3.8) is 0 Å². The number of rotatable bonds is 5. The Morgan fingerprint density at radius 3 is 3.05 bits per heavy atom. The van der Waals surface area contributed by atoms with E-state index in [0.29, 0.717) is 6.54 Å². The first-order chi connectivity index (χ1) is 10.1. The first-order valence-electron chi connectivity index (χ1n) is 6.41. The van der Waals surface area contributed by atoms with Crippen molar-refractivity contribution in [1.82, 2.24) is 25.3 Å². The monoisotopic (exact) mass is 307 g/mol. The fourth-order valence-corrected chi connectivity index (χ4v) is 2.80. The number of thiazole rings is 1. The van der Waals surface area contributed by atoms with Gasteiger partial charge in [-0.25, -0.2) is 9.78 Å². The lowest BCUT2D eigenvalue weighted by Crippen LogP contribution is -2.31. The quantitative estimate of drug-likeness (QED) is 0.676. The summed E-state index contributed by atoms with van der Waals surface area (Å²) in [6.45, 7) is 0.344. The topological polar surface area (TPSA) is 105 Å². The zero-order chi connectivity index (χ0) is 14.8. The summed E-state index contributed by atoms with van der Waals surface area (Å²) < 4.78 is 1.89. The third kappa shape index (κ3) is 3.02. The molecule has 2 aromatic heterocycles. The van der Waals surface area contributed by atoms with Gasteiger partial charge in [0.2, 0.25) is 5.91 Å². The minimum Gasteiger partial charge on any atom is -0.350 e. The Hall–Kier alpha value is -2.42. The number of carbonyl (C=O) groups excluding carboxylic acids is 3. The summed E-state index contributed by atoms with van der Waals surface area (Å²) in [7, 11) is 0. The van der Waals surface area contributed by atoms with Crippen LogP contribution < -0.4 is 16.0 Å².